The summed E-state index contributed by atoms with van der Waals surface area (Å²) in [7, 11) is -3.57. The van der Waals surface area contributed by atoms with E-state index in [9.17, 15) is 8.42 Å². The first kappa shape index (κ1) is 19.0. The highest BCUT2D eigenvalue weighted by Crippen LogP contribution is 2.35. The highest BCUT2D eigenvalue weighted by molar-refractivity contribution is 7.91. The van der Waals surface area contributed by atoms with Gasteiger partial charge >= 0.3 is 0 Å². The number of rotatable bonds is 3. The van der Waals surface area contributed by atoms with Gasteiger partial charge in [-0.05, 0) is 25.1 Å². The van der Waals surface area contributed by atoms with E-state index < -0.39 is 14.8 Å². The number of halogens is 1. The molecule has 0 saturated carbocycles. The lowest BCUT2D eigenvalue weighted by atomic mass is 9.98. The van der Waals surface area contributed by atoms with Gasteiger partial charge in [0.2, 0.25) is 10.0 Å². The Morgan fingerprint density at radius 3 is 2.62 bits per heavy atom. The van der Waals surface area contributed by atoms with Crippen molar-refractivity contribution in [2.24, 2.45) is 0 Å². The van der Waals surface area contributed by atoms with Gasteiger partial charge in [0.25, 0.3) is 0 Å². The number of piperazine rings is 1. The molecule has 4 rings (SSSR count). The highest BCUT2D eigenvalue weighted by Gasteiger charge is 2.41. The lowest BCUT2D eigenvalue weighted by Gasteiger charge is -2.37. The molecule has 2 heterocycles. The first-order valence-corrected chi connectivity index (χ1v) is 10.1. The summed E-state index contributed by atoms with van der Waals surface area (Å²) in [4.78, 5) is 2.29. The summed E-state index contributed by atoms with van der Waals surface area (Å²) in [6.45, 7) is 5.53. The summed E-state index contributed by atoms with van der Waals surface area (Å²) < 4.78 is 27.4. The molecule has 140 valence electrons. The number of hydrogen-bond donors (Lipinski definition) is 1. The summed E-state index contributed by atoms with van der Waals surface area (Å²) in [5, 5.41) is 4.28. The fourth-order valence-corrected chi connectivity index (χ4v) is 5.35. The minimum Gasteiger partial charge on any atom is -0.372 e. The van der Waals surface area contributed by atoms with Gasteiger partial charge in [-0.15, -0.1) is 12.4 Å². The third-order valence-electron chi connectivity index (χ3n) is 5.20. The standard InChI is InChI=1S/C19H23N3O2S.ClH/c1-19(9-4-6-17(15-19)21-13-10-20-11-14-21)25(23,24)22-12-8-16-5-2-3-7-18(16)22;/h2-9,12,20H,10-11,13-15H2,1H3;1H. The maximum Gasteiger partial charge on any atom is 0.248 e. The van der Waals surface area contributed by atoms with Crippen molar-refractivity contribution in [3.63, 3.8) is 0 Å². The van der Waals surface area contributed by atoms with Crippen LogP contribution in [0.3, 0.4) is 0 Å². The molecule has 5 nitrogen and oxygen atoms in total. The Hall–Kier alpha value is -1.76. The van der Waals surface area contributed by atoms with Crippen molar-refractivity contribution in [2.45, 2.75) is 18.1 Å². The summed E-state index contributed by atoms with van der Waals surface area (Å²) in [6.07, 6.45) is 7.93. The fourth-order valence-electron chi connectivity index (χ4n) is 3.68. The number of benzene rings is 1. The van der Waals surface area contributed by atoms with Crippen LogP contribution >= 0.6 is 12.4 Å². The van der Waals surface area contributed by atoms with Crippen molar-refractivity contribution in [3.05, 3.63) is 60.5 Å². The molecule has 1 N–H and O–H groups in total. The topological polar surface area (TPSA) is 54.3 Å². The van der Waals surface area contributed by atoms with Crippen LogP contribution in [0, 0.1) is 0 Å². The van der Waals surface area contributed by atoms with E-state index in [0.29, 0.717) is 6.42 Å². The Morgan fingerprint density at radius 1 is 1.12 bits per heavy atom. The third-order valence-corrected chi connectivity index (χ3v) is 7.50. The Labute approximate surface area is 160 Å². The molecule has 2 aromatic rings. The van der Waals surface area contributed by atoms with Crippen LogP contribution in [0.1, 0.15) is 13.3 Å². The molecule has 1 unspecified atom stereocenters. The summed E-state index contributed by atoms with van der Waals surface area (Å²) in [5.74, 6) is 0. The van der Waals surface area contributed by atoms with Crippen LogP contribution in [0.2, 0.25) is 0 Å². The molecule has 7 heteroatoms. The minimum atomic E-state index is -3.57. The number of allylic oxidation sites excluding steroid dienone is 3. The van der Waals surface area contributed by atoms with Crippen molar-refractivity contribution in [1.82, 2.24) is 14.2 Å². The van der Waals surface area contributed by atoms with Crippen LogP contribution < -0.4 is 5.32 Å². The van der Waals surface area contributed by atoms with Crippen molar-refractivity contribution < 1.29 is 8.42 Å². The van der Waals surface area contributed by atoms with Gasteiger partial charge in [0.05, 0.1) is 5.52 Å². The quantitative estimate of drug-likeness (QED) is 0.871. The number of nitrogens with one attached hydrogen (secondary N) is 1. The molecule has 1 aromatic carbocycles. The molecular weight excluding hydrogens is 370 g/mol. The van der Waals surface area contributed by atoms with Gasteiger partial charge in [-0.1, -0.05) is 30.4 Å². The zero-order valence-corrected chi connectivity index (χ0v) is 16.4. The van der Waals surface area contributed by atoms with E-state index in [1.165, 1.54) is 3.97 Å². The van der Waals surface area contributed by atoms with Crippen LogP contribution in [-0.4, -0.2) is 48.2 Å². The molecular formula is C19H24ClN3O2S. The number of aromatic nitrogens is 1. The monoisotopic (exact) mass is 393 g/mol. The summed E-state index contributed by atoms with van der Waals surface area (Å²) in [5.41, 5.74) is 1.84. The second-order valence-corrected chi connectivity index (χ2v) is 9.20. The van der Waals surface area contributed by atoms with Gasteiger partial charge < -0.3 is 10.2 Å². The molecule has 1 atom stereocenters. The highest BCUT2D eigenvalue weighted by atomic mass is 35.5. The summed E-state index contributed by atoms with van der Waals surface area (Å²) in [6, 6.07) is 9.45. The van der Waals surface area contributed by atoms with Crippen molar-refractivity contribution >= 4 is 33.3 Å². The number of fused-ring (bicyclic) bond motifs is 1. The maximum atomic E-state index is 13.5. The average Bonchev–Trinajstić information content (AvgIpc) is 3.07. The molecule has 1 aliphatic carbocycles. The van der Waals surface area contributed by atoms with Gasteiger partial charge in [0.15, 0.2) is 0 Å². The molecule has 1 saturated heterocycles. The molecule has 26 heavy (non-hydrogen) atoms. The molecule has 1 aliphatic heterocycles. The van der Waals surface area contributed by atoms with Gasteiger partial charge in [-0.3, -0.25) is 0 Å². The van der Waals surface area contributed by atoms with Crippen LogP contribution in [-0.2, 0) is 10.0 Å². The largest absolute Gasteiger partial charge is 0.372 e. The lowest BCUT2D eigenvalue weighted by Crippen LogP contribution is -2.46. The van der Waals surface area contributed by atoms with Crippen LogP contribution in [0.25, 0.3) is 10.9 Å². The van der Waals surface area contributed by atoms with Gasteiger partial charge in [0, 0.05) is 49.9 Å². The van der Waals surface area contributed by atoms with Crippen LogP contribution in [0.4, 0.5) is 0 Å². The van der Waals surface area contributed by atoms with Crippen LogP contribution in [0.15, 0.2) is 60.5 Å². The molecule has 0 radical (unpaired) electrons. The van der Waals surface area contributed by atoms with Crippen molar-refractivity contribution in [1.29, 1.82) is 0 Å². The molecule has 1 aromatic heterocycles. The Balaban J connectivity index is 0.00000196. The van der Waals surface area contributed by atoms with E-state index in [1.54, 1.807) is 6.20 Å². The average molecular weight is 394 g/mol. The van der Waals surface area contributed by atoms with Gasteiger partial charge in [-0.25, -0.2) is 12.4 Å². The Morgan fingerprint density at radius 2 is 1.85 bits per heavy atom. The predicted octanol–water partition coefficient (Wildman–Crippen LogP) is 2.75. The first-order valence-electron chi connectivity index (χ1n) is 8.67. The maximum absolute atomic E-state index is 13.5. The zero-order valence-electron chi connectivity index (χ0n) is 14.8. The smallest absolute Gasteiger partial charge is 0.248 e. The molecule has 2 aliphatic rings. The Kier molecular flexibility index (Phi) is 5.19. The van der Waals surface area contributed by atoms with E-state index in [1.807, 2.05) is 49.4 Å². The molecule has 0 spiro atoms. The van der Waals surface area contributed by atoms with Crippen LogP contribution in [0.5, 0.6) is 0 Å². The SMILES string of the molecule is CC1(S(=O)(=O)n2ccc3ccccc32)C=CC=C(N2CCNCC2)C1.Cl. The molecule has 1 fully saturated rings. The number of nitrogens with zero attached hydrogens (tertiary/aromatic N) is 2. The molecule has 0 amide bonds. The molecule has 0 bridgehead atoms. The normalized spacial score (nSPS) is 23.6. The summed E-state index contributed by atoms with van der Waals surface area (Å²) >= 11 is 0. The van der Waals surface area contributed by atoms with Crippen molar-refractivity contribution in [3.8, 4) is 0 Å². The second-order valence-electron chi connectivity index (χ2n) is 6.92. The third kappa shape index (κ3) is 3.06. The van der Waals surface area contributed by atoms with Gasteiger partial charge in [-0.2, -0.15) is 0 Å². The number of hydrogen-bond acceptors (Lipinski definition) is 4. The lowest BCUT2D eigenvalue weighted by molar-refractivity contribution is 0.285. The van der Waals surface area contributed by atoms with E-state index in [0.717, 1.165) is 42.8 Å². The Bertz CT molecular complexity index is 958. The minimum absolute atomic E-state index is 0. The van der Waals surface area contributed by atoms with E-state index in [2.05, 4.69) is 16.3 Å². The first-order chi connectivity index (χ1) is 12.0. The number of para-hydroxylation sites is 1. The van der Waals surface area contributed by atoms with Crippen molar-refractivity contribution in [2.75, 3.05) is 26.2 Å². The second kappa shape index (κ2) is 7.10. The van der Waals surface area contributed by atoms with Gasteiger partial charge in [0.1, 0.15) is 4.75 Å². The van der Waals surface area contributed by atoms with E-state index >= 15 is 0 Å². The van der Waals surface area contributed by atoms with E-state index in [-0.39, 0.29) is 12.4 Å². The fraction of sp³-hybridized carbons (Fsp3) is 0.368. The predicted molar refractivity (Wildman–Crippen MR) is 108 cm³/mol. The zero-order chi connectivity index (χ0) is 17.5. The van der Waals surface area contributed by atoms with E-state index in [4.69, 9.17) is 0 Å².